The summed E-state index contributed by atoms with van der Waals surface area (Å²) in [5.74, 6) is 3.71. The van der Waals surface area contributed by atoms with Crippen LogP contribution in [-0.2, 0) is 4.79 Å². The van der Waals surface area contributed by atoms with Crippen LogP contribution in [-0.4, -0.2) is 5.78 Å². The van der Waals surface area contributed by atoms with Gasteiger partial charge in [0.05, 0.1) is 0 Å². The van der Waals surface area contributed by atoms with E-state index in [0.29, 0.717) is 5.92 Å². The third-order valence-electron chi connectivity index (χ3n) is 3.88. The summed E-state index contributed by atoms with van der Waals surface area (Å²) >= 11 is 0. The van der Waals surface area contributed by atoms with Gasteiger partial charge >= 0.3 is 0 Å². The summed E-state index contributed by atoms with van der Waals surface area (Å²) in [6.07, 6.45) is 5.30. The first-order valence-corrected chi connectivity index (χ1v) is 7.60. The lowest BCUT2D eigenvalue weighted by Gasteiger charge is -2.22. The van der Waals surface area contributed by atoms with Crippen LogP contribution in [0.5, 0.6) is 0 Å². The van der Waals surface area contributed by atoms with Crippen LogP contribution in [0.4, 0.5) is 0 Å². The molecule has 2 aromatic heterocycles. The van der Waals surface area contributed by atoms with Crippen molar-refractivity contribution >= 4 is 17.9 Å². The molecule has 0 saturated heterocycles. The van der Waals surface area contributed by atoms with Crippen LogP contribution in [0.15, 0.2) is 44.2 Å². The predicted molar refractivity (Wildman–Crippen MR) is 86.2 cm³/mol. The van der Waals surface area contributed by atoms with E-state index in [-0.39, 0.29) is 5.78 Å². The van der Waals surface area contributed by atoms with Crippen LogP contribution < -0.4 is 0 Å². The average molecular weight is 296 g/mol. The molecule has 0 N–H and O–H groups in total. The molecule has 114 valence electrons. The van der Waals surface area contributed by atoms with Gasteiger partial charge in [-0.3, -0.25) is 4.79 Å². The first-order valence-electron chi connectivity index (χ1n) is 7.60. The first-order chi connectivity index (χ1) is 10.5. The SMILES string of the molecule is Cc1ccc(/C=C2/CC(C)C/C(=C\c3ccc(C)o3)C2=O)o1. The summed E-state index contributed by atoms with van der Waals surface area (Å²) in [5.41, 5.74) is 1.62. The van der Waals surface area contributed by atoms with E-state index in [0.717, 1.165) is 47.0 Å². The van der Waals surface area contributed by atoms with Crippen molar-refractivity contribution in [2.24, 2.45) is 5.92 Å². The summed E-state index contributed by atoms with van der Waals surface area (Å²) in [7, 11) is 0. The van der Waals surface area contributed by atoms with Gasteiger partial charge < -0.3 is 8.83 Å². The highest BCUT2D eigenvalue weighted by atomic mass is 16.3. The van der Waals surface area contributed by atoms with Crippen molar-refractivity contribution in [1.82, 2.24) is 0 Å². The molecule has 2 heterocycles. The van der Waals surface area contributed by atoms with Gasteiger partial charge in [0.2, 0.25) is 0 Å². The summed E-state index contributed by atoms with van der Waals surface area (Å²) in [5, 5.41) is 0. The van der Waals surface area contributed by atoms with Gasteiger partial charge in [0.15, 0.2) is 5.78 Å². The zero-order chi connectivity index (χ0) is 15.7. The number of carbonyl (C=O) groups is 1. The largest absolute Gasteiger partial charge is 0.462 e. The standard InChI is InChI=1S/C19H20O3/c1-12-8-15(10-17-6-4-13(2)21-17)19(20)16(9-12)11-18-7-5-14(3)22-18/h4-7,10-12H,8-9H2,1-3H3/b15-10-,16-11+. The second-order valence-corrected chi connectivity index (χ2v) is 6.08. The van der Waals surface area contributed by atoms with Crippen molar-refractivity contribution < 1.29 is 13.6 Å². The molecule has 2 aromatic rings. The fourth-order valence-electron chi connectivity index (χ4n) is 2.87. The molecule has 0 amide bonds. The van der Waals surface area contributed by atoms with Crippen LogP contribution in [0, 0.1) is 19.8 Å². The molecule has 1 atom stereocenters. The van der Waals surface area contributed by atoms with Gasteiger partial charge in [0.1, 0.15) is 23.0 Å². The van der Waals surface area contributed by atoms with E-state index in [1.54, 1.807) is 0 Å². The van der Waals surface area contributed by atoms with Crippen molar-refractivity contribution in [2.75, 3.05) is 0 Å². The fraction of sp³-hybridized carbons (Fsp3) is 0.316. The van der Waals surface area contributed by atoms with Crippen molar-refractivity contribution in [2.45, 2.75) is 33.6 Å². The Morgan fingerprint density at radius 1 is 0.909 bits per heavy atom. The lowest BCUT2D eigenvalue weighted by Crippen LogP contribution is -2.18. The molecule has 0 bridgehead atoms. The predicted octanol–water partition coefficient (Wildman–Crippen LogP) is 4.96. The highest BCUT2D eigenvalue weighted by Crippen LogP contribution is 2.32. The molecule has 0 spiro atoms. The Balaban J connectivity index is 1.91. The second kappa shape index (κ2) is 5.84. The Hall–Kier alpha value is -2.29. The van der Waals surface area contributed by atoms with E-state index in [9.17, 15) is 4.79 Å². The van der Waals surface area contributed by atoms with Gasteiger partial charge in [-0.25, -0.2) is 0 Å². The average Bonchev–Trinajstić information content (AvgIpc) is 3.04. The highest BCUT2D eigenvalue weighted by Gasteiger charge is 2.25. The number of hydrogen-bond donors (Lipinski definition) is 0. The van der Waals surface area contributed by atoms with Gasteiger partial charge in [0.25, 0.3) is 0 Å². The molecular formula is C19H20O3. The van der Waals surface area contributed by atoms with E-state index in [1.165, 1.54) is 0 Å². The summed E-state index contributed by atoms with van der Waals surface area (Å²) in [6.45, 7) is 5.96. The summed E-state index contributed by atoms with van der Waals surface area (Å²) in [6, 6.07) is 7.61. The maximum absolute atomic E-state index is 12.7. The Labute approximate surface area is 130 Å². The van der Waals surface area contributed by atoms with Crippen molar-refractivity contribution in [1.29, 1.82) is 0 Å². The van der Waals surface area contributed by atoms with E-state index in [2.05, 4.69) is 6.92 Å². The van der Waals surface area contributed by atoms with E-state index in [1.807, 2.05) is 50.3 Å². The van der Waals surface area contributed by atoms with Gasteiger partial charge in [-0.1, -0.05) is 6.92 Å². The van der Waals surface area contributed by atoms with Crippen LogP contribution in [0.25, 0.3) is 12.2 Å². The number of rotatable bonds is 2. The molecule has 22 heavy (non-hydrogen) atoms. The van der Waals surface area contributed by atoms with E-state index < -0.39 is 0 Å². The van der Waals surface area contributed by atoms with Crippen molar-refractivity contribution in [3.8, 4) is 0 Å². The van der Waals surface area contributed by atoms with E-state index in [4.69, 9.17) is 8.83 Å². The van der Waals surface area contributed by atoms with Crippen molar-refractivity contribution in [3.05, 3.63) is 58.5 Å². The normalized spacial score (nSPS) is 22.7. The molecule has 0 radical (unpaired) electrons. The molecular weight excluding hydrogens is 276 g/mol. The fourth-order valence-corrected chi connectivity index (χ4v) is 2.87. The van der Waals surface area contributed by atoms with Crippen LogP contribution in [0.2, 0.25) is 0 Å². The van der Waals surface area contributed by atoms with E-state index >= 15 is 0 Å². The number of allylic oxidation sites excluding steroid dienone is 2. The number of Topliss-reactive ketones (excluding diaryl/α,β-unsaturated/α-hetero) is 1. The zero-order valence-electron chi connectivity index (χ0n) is 13.2. The summed E-state index contributed by atoms with van der Waals surface area (Å²) in [4.78, 5) is 12.7. The Morgan fingerprint density at radius 2 is 1.36 bits per heavy atom. The van der Waals surface area contributed by atoms with Gasteiger partial charge in [-0.15, -0.1) is 0 Å². The lowest BCUT2D eigenvalue weighted by molar-refractivity contribution is -0.113. The zero-order valence-corrected chi connectivity index (χ0v) is 13.2. The van der Waals surface area contributed by atoms with Crippen LogP contribution in [0.3, 0.4) is 0 Å². The molecule has 0 aliphatic heterocycles. The molecule has 1 saturated carbocycles. The lowest BCUT2D eigenvalue weighted by atomic mass is 9.81. The molecule has 3 rings (SSSR count). The molecule has 1 aliphatic carbocycles. The minimum Gasteiger partial charge on any atom is -0.462 e. The second-order valence-electron chi connectivity index (χ2n) is 6.08. The molecule has 1 unspecified atom stereocenters. The van der Waals surface area contributed by atoms with Crippen molar-refractivity contribution in [3.63, 3.8) is 0 Å². The minimum atomic E-state index is 0.0983. The van der Waals surface area contributed by atoms with Crippen LogP contribution >= 0.6 is 0 Å². The third kappa shape index (κ3) is 3.14. The molecule has 0 aromatic carbocycles. The summed E-state index contributed by atoms with van der Waals surface area (Å²) < 4.78 is 11.1. The number of ketones is 1. The number of aryl methyl sites for hydroxylation is 2. The Kier molecular flexibility index (Phi) is 3.88. The first kappa shape index (κ1) is 14.6. The quantitative estimate of drug-likeness (QED) is 0.736. The van der Waals surface area contributed by atoms with Crippen LogP contribution in [0.1, 0.15) is 42.8 Å². The van der Waals surface area contributed by atoms with Gasteiger partial charge in [0, 0.05) is 11.1 Å². The third-order valence-corrected chi connectivity index (χ3v) is 3.88. The molecule has 1 fully saturated rings. The van der Waals surface area contributed by atoms with Gasteiger partial charge in [-0.2, -0.15) is 0 Å². The highest BCUT2D eigenvalue weighted by molar-refractivity contribution is 6.13. The molecule has 3 nitrogen and oxygen atoms in total. The van der Waals surface area contributed by atoms with Gasteiger partial charge in [-0.05, 0) is 69.0 Å². The smallest absolute Gasteiger partial charge is 0.185 e. The number of carbonyl (C=O) groups excluding carboxylic acids is 1. The monoisotopic (exact) mass is 296 g/mol. The topological polar surface area (TPSA) is 43.4 Å². The maximum Gasteiger partial charge on any atom is 0.185 e. The molecule has 1 aliphatic rings. The number of hydrogen-bond acceptors (Lipinski definition) is 3. The number of furan rings is 2. The Morgan fingerprint density at radius 3 is 1.73 bits per heavy atom. The molecule has 3 heteroatoms. The maximum atomic E-state index is 12.7. The minimum absolute atomic E-state index is 0.0983. The Bertz CT molecular complexity index is 693.